The second kappa shape index (κ2) is 9.07. The third-order valence-electron chi connectivity index (χ3n) is 3.99. The number of nitrogens with one attached hydrogen (secondary N) is 2. The van der Waals surface area contributed by atoms with Gasteiger partial charge in [0.1, 0.15) is 11.5 Å². The highest BCUT2D eigenvalue weighted by atomic mass is 35.5. The number of halogens is 2. The maximum absolute atomic E-state index is 11.5. The van der Waals surface area contributed by atoms with Gasteiger partial charge in [-0.25, -0.2) is 4.79 Å². The van der Waals surface area contributed by atoms with Crippen LogP contribution in [0.1, 0.15) is 18.1 Å². The molecule has 1 atom stereocenters. The molecular formula is C19H13Cl2N5O3. The van der Waals surface area contributed by atoms with Crippen molar-refractivity contribution in [2.24, 2.45) is 5.10 Å². The lowest BCUT2D eigenvalue weighted by Crippen LogP contribution is -2.34. The fourth-order valence-electron chi connectivity index (χ4n) is 2.46. The molecule has 3 N–H and O–H groups in total. The van der Waals surface area contributed by atoms with Crippen molar-refractivity contribution in [2.45, 2.75) is 12.3 Å². The Hall–Kier alpha value is -3.59. The van der Waals surface area contributed by atoms with Crippen molar-refractivity contribution in [3.8, 4) is 12.1 Å². The monoisotopic (exact) mass is 429 g/mol. The van der Waals surface area contributed by atoms with E-state index in [0.717, 1.165) is 0 Å². The molecule has 0 aliphatic heterocycles. The number of carboxylic acid groups (broad SMARTS) is 1. The predicted molar refractivity (Wildman–Crippen MR) is 108 cm³/mol. The molecule has 29 heavy (non-hydrogen) atoms. The Morgan fingerprint density at radius 3 is 2.31 bits per heavy atom. The van der Waals surface area contributed by atoms with Gasteiger partial charge in [0.05, 0.1) is 11.8 Å². The highest BCUT2D eigenvalue weighted by Crippen LogP contribution is 2.37. The average Bonchev–Trinajstić information content (AvgIpc) is 2.68. The number of hydrogen-bond acceptors (Lipinski definition) is 6. The number of amides is 2. The van der Waals surface area contributed by atoms with Gasteiger partial charge in [0.25, 0.3) is 5.91 Å². The smallest absolute Gasteiger partial charge is 0.411 e. The number of anilines is 1. The lowest BCUT2D eigenvalue weighted by atomic mass is 9.77. The molecule has 0 spiro atoms. The van der Waals surface area contributed by atoms with E-state index in [1.807, 2.05) is 0 Å². The first-order valence-electron chi connectivity index (χ1n) is 7.96. The summed E-state index contributed by atoms with van der Waals surface area (Å²) in [5.74, 6) is -1.17. The summed E-state index contributed by atoms with van der Waals surface area (Å²) in [5.41, 5.74) is 2.28. The lowest BCUT2D eigenvalue weighted by molar-refractivity contribution is -0.114. The van der Waals surface area contributed by atoms with Gasteiger partial charge >= 0.3 is 6.09 Å². The molecule has 1 unspecified atom stereocenters. The minimum absolute atomic E-state index is 0.248. The summed E-state index contributed by atoms with van der Waals surface area (Å²) in [6, 6.07) is 15.2. The second-order valence-electron chi connectivity index (χ2n) is 5.88. The van der Waals surface area contributed by atoms with Crippen LogP contribution >= 0.6 is 23.2 Å². The highest BCUT2D eigenvalue weighted by molar-refractivity contribution is 6.46. The molecule has 0 aliphatic rings. The van der Waals surface area contributed by atoms with Gasteiger partial charge in [-0.15, -0.1) is 0 Å². The summed E-state index contributed by atoms with van der Waals surface area (Å²) in [5, 5.41) is 33.1. The van der Waals surface area contributed by atoms with Crippen molar-refractivity contribution in [3.05, 3.63) is 63.6 Å². The number of hydrazone groups is 1. The molecule has 0 bridgehead atoms. The highest BCUT2D eigenvalue weighted by Gasteiger charge is 2.31. The molecule has 2 aromatic carbocycles. The van der Waals surface area contributed by atoms with Crippen LogP contribution in [0.15, 0.2) is 47.6 Å². The zero-order valence-corrected chi connectivity index (χ0v) is 16.4. The quantitative estimate of drug-likeness (QED) is 0.486. The van der Waals surface area contributed by atoms with Gasteiger partial charge in [-0.05, 0) is 42.3 Å². The molecule has 2 amide bonds. The first-order valence-corrected chi connectivity index (χ1v) is 8.72. The molecule has 2 aromatic rings. The van der Waals surface area contributed by atoms with E-state index in [2.05, 4.69) is 16.6 Å². The van der Waals surface area contributed by atoms with Gasteiger partial charge in [0.15, 0.2) is 0 Å². The van der Waals surface area contributed by atoms with Crippen LogP contribution < -0.4 is 10.7 Å². The van der Waals surface area contributed by atoms with E-state index in [9.17, 15) is 14.9 Å². The van der Waals surface area contributed by atoms with Crippen molar-refractivity contribution in [3.63, 3.8) is 0 Å². The third kappa shape index (κ3) is 5.02. The normalized spacial score (nSPS) is 12.8. The minimum Gasteiger partial charge on any atom is -0.465 e. The van der Waals surface area contributed by atoms with Gasteiger partial charge in [-0.2, -0.15) is 15.6 Å². The fraction of sp³-hybridized carbons (Fsp3) is 0.105. The maximum atomic E-state index is 11.5. The van der Waals surface area contributed by atoms with Crippen LogP contribution in [-0.4, -0.2) is 22.8 Å². The number of carbonyl (C=O) groups excluding carboxylic acids is 1. The second-order valence-corrected chi connectivity index (χ2v) is 6.73. The van der Waals surface area contributed by atoms with Gasteiger partial charge < -0.3 is 5.11 Å². The van der Waals surface area contributed by atoms with Crippen LogP contribution in [0.25, 0.3) is 0 Å². The Kier molecular flexibility index (Phi) is 6.79. The van der Waals surface area contributed by atoms with Crippen molar-refractivity contribution in [1.29, 1.82) is 10.5 Å². The van der Waals surface area contributed by atoms with E-state index in [-0.39, 0.29) is 5.02 Å². The fourth-order valence-corrected chi connectivity index (χ4v) is 2.95. The zero-order valence-electron chi connectivity index (χ0n) is 14.9. The largest absolute Gasteiger partial charge is 0.465 e. The zero-order chi connectivity index (χ0) is 21.6. The van der Waals surface area contributed by atoms with Crippen molar-refractivity contribution in [2.75, 3.05) is 5.43 Å². The van der Waals surface area contributed by atoms with E-state index in [1.165, 1.54) is 17.5 Å². The van der Waals surface area contributed by atoms with Crippen molar-refractivity contribution < 1.29 is 14.7 Å². The molecule has 0 saturated carbocycles. The standard InChI is InChI=1S/C19H13Cl2N5O3/c1-19(10-23,11-2-4-12(20)5-3-11)14-7-6-13(8-15(14)21)25-26-16(9-22)17(27)24-18(28)29/h2-8,25H,1H3,(H,24,27)(H,28,29). The molecule has 0 radical (unpaired) electrons. The predicted octanol–water partition coefficient (Wildman–Crippen LogP) is 3.91. The van der Waals surface area contributed by atoms with E-state index in [4.69, 9.17) is 33.6 Å². The molecule has 146 valence electrons. The minimum atomic E-state index is -1.61. The van der Waals surface area contributed by atoms with E-state index in [1.54, 1.807) is 43.3 Å². The van der Waals surface area contributed by atoms with E-state index >= 15 is 0 Å². The summed E-state index contributed by atoms with van der Waals surface area (Å²) < 4.78 is 0. The number of carbonyl (C=O) groups is 2. The Labute approximate surface area is 176 Å². The number of hydrogen-bond donors (Lipinski definition) is 3. The number of rotatable bonds is 5. The molecular weight excluding hydrogens is 417 g/mol. The maximum Gasteiger partial charge on any atom is 0.411 e. The summed E-state index contributed by atoms with van der Waals surface area (Å²) in [6.07, 6.45) is -1.61. The molecule has 0 saturated heterocycles. The summed E-state index contributed by atoms with van der Waals surface area (Å²) in [6.45, 7) is 1.72. The topological polar surface area (TPSA) is 138 Å². The molecule has 0 fully saturated rings. The Morgan fingerprint density at radius 2 is 1.79 bits per heavy atom. The first-order chi connectivity index (χ1) is 13.7. The molecule has 2 rings (SSSR count). The van der Waals surface area contributed by atoms with Crippen LogP contribution in [0.4, 0.5) is 10.5 Å². The average molecular weight is 430 g/mol. The Morgan fingerprint density at radius 1 is 1.14 bits per heavy atom. The first kappa shape index (κ1) is 21.7. The Bertz CT molecular complexity index is 1070. The Balaban J connectivity index is 2.32. The summed E-state index contributed by atoms with van der Waals surface area (Å²) in [4.78, 5) is 22.0. The van der Waals surface area contributed by atoms with Gasteiger partial charge in [0.2, 0.25) is 5.71 Å². The summed E-state index contributed by atoms with van der Waals surface area (Å²) in [7, 11) is 0. The SMILES string of the molecule is CC(C#N)(c1ccc(Cl)cc1)c1ccc(NN=C(C#N)C(=O)NC(=O)O)cc1Cl. The number of imide groups is 1. The van der Waals surface area contributed by atoms with E-state index in [0.29, 0.717) is 21.8 Å². The van der Waals surface area contributed by atoms with Crippen LogP contribution in [0.3, 0.4) is 0 Å². The van der Waals surface area contributed by atoms with Crippen molar-refractivity contribution >= 4 is 46.6 Å². The van der Waals surface area contributed by atoms with Crippen LogP contribution in [0.5, 0.6) is 0 Å². The number of nitriles is 2. The number of nitrogens with zero attached hydrogens (tertiary/aromatic N) is 3. The van der Waals surface area contributed by atoms with Gasteiger partial charge in [0, 0.05) is 10.0 Å². The summed E-state index contributed by atoms with van der Waals surface area (Å²) >= 11 is 12.3. The molecule has 8 nitrogen and oxygen atoms in total. The van der Waals surface area contributed by atoms with Crippen LogP contribution in [-0.2, 0) is 10.2 Å². The van der Waals surface area contributed by atoms with Crippen molar-refractivity contribution in [1.82, 2.24) is 5.32 Å². The molecule has 0 aromatic heterocycles. The lowest BCUT2D eigenvalue weighted by Gasteiger charge is -2.24. The van der Waals surface area contributed by atoms with Gasteiger partial charge in [-0.1, -0.05) is 41.4 Å². The molecule has 10 heteroatoms. The molecule has 0 heterocycles. The number of benzene rings is 2. The van der Waals surface area contributed by atoms with Crippen LogP contribution in [0, 0.1) is 22.7 Å². The van der Waals surface area contributed by atoms with E-state index < -0.39 is 23.1 Å². The van der Waals surface area contributed by atoms with Crippen LogP contribution in [0.2, 0.25) is 10.0 Å². The molecule has 0 aliphatic carbocycles. The van der Waals surface area contributed by atoms with Gasteiger partial charge in [-0.3, -0.25) is 15.5 Å². The third-order valence-corrected chi connectivity index (χ3v) is 4.56.